The van der Waals surface area contributed by atoms with Crippen molar-refractivity contribution in [2.45, 2.75) is 12.3 Å². The van der Waals surface area contributed by atoms with Gasteiger partial charge in [-0.05, 0) is 23.8 Å². The molecule has 1 aromatic carbocycles. The summed E-state index contributed by atoms with van der Waals surface area (Å²) in [6, 6.07) is 5.86. The smallest absolute Gasteiger partial charge is 0.0543 e. The number of benzene rings is 1. The van der Waals surface area contributed by atoms with Gasteiger partial charge in [0.15, 0.2) is 0 Å². The molecule has 0 spiro atoms. The second kappa shape index (κ2) is 3.14. The largest absolute Gasteiger partial charge is 0.395 e. The fraction of sp³-hybridized carbons (Fsp3) is 0.455. The van der Waals surface area contributed by atoms with Gasteiger partial charge in [0.25, 0.3) is 0 Å². The predicted molar refractivity (Wildman–Crippen MR) is 59.2 cm³/mol. The third kappa shape index (κ3) is 1.30. The molecule has 0 bridgehead atoms. The van der Waals surface area contributed by atoms with Crippen LogP contribution in [-0.2, 0) is 5.41 Å². The molecule has 1 heterocycles. The first-order chi connectivity index (χ1) is 6.57. The van der Waals surface area contributed by atoms with Crippen LogP contribution in [0, 0.1) is 0 Å². The van der Waals surface area contributed by atoms with Crippen LogP contribution in [0.25, 0.3) is 0 Å². The van der Waals surface area contributed by atoms with Gasteiger partial charge in [-0.1, -0.05) is 18.5 Å². The third-order valence-electron chi connectivity index (χ3n) is 2.96. The summed E-state index contributed by atoms with van der Waals surface area (Å²) in [7, 11) is 2.04. The number of aliphatic hydroxyl groups is 1. The van der Waals surface area contributed by atoms with Crippen molar-refractivity contribution in [3.05, 3.63) is 28.8 Å². The standard InChI is InChI=1S/C11H14ClNO/c1-11(7-14)6-13(2)10-4-3-8(12)5-9(10)11/h3-5,14H,6-7H2,1-2H3/t11-/m1/s1. The summed E-state index contributed by atoms with van der Waals surface area (Å²) in [6.45, 7) is 3.07. The van der Waals surface area contributed by atoms with Crippen LogP contribution in [-0.4, -0.2) is 25.3 Å². The Balaban J connectivity index is 2.56. The van der Waals surface area contributed by atoms with Gasteiger partial charge >= 0.3 is 0 Å². The number of aliphatic hydroxyl groups excluding tert-OH is 1. The van der Waals surface area contributed by atoms with Crippen LogP contribution in [0.4, 0.5) is 5.69 Å². The van der Waals surface area contributed by atoms with Gasteiger partial charge in [0.05, 0.1) is 6.61 Å². The Bertz CT molecular complexity index is 366. The summed E-state index contributed by atoms with van der Waals surface area (Å²) in [4.78, 5) is 2.15. The Morgan fingerprint density at radius 3 is 2.93 bits per heavy atom. The topological polar surface area (TPSA) is 23.5 Å². The van der Waals surface area contributed by atoms with Crippen LogP contribution in [0.15, 0.2) is 18.2 Å². The lowest BCUT2D eigenvalue weighted by Gasteiger charge is -2.21. The molecule has 14 heavy (non-hydrogen) atoms. The lowest BCUT2D eigenvalue weighted by molar-refractivity contribution is 0.216. The molecule has 2 nitrogen and oxygen atoms in total. The van der Waals surface area contributed by atoms with Crippen LogP contribution in [0.3, 0.4) is 0 Å². The molecule has 0 aliphatic carbocycles. The molecule has 1 aliphatic rings. The average molecular weight is 212 g/mol. The first-order valence-electron chi connectivity index (χ1n) is 4.69. The van der Waals surface area contributed by atoms with E-state index in [4.69, 9.17) is 11.6 Å². The average Bonchev–Trinajstić information content (AvgIpc) is 2.40. The number of rotatable bonds is 1. The van der Waals surface area contributed by atoms with E-state index in [1.165, 1.54) is 5.69 Å². The molecule has 0 amide bonds. The predicted octanol–water partition coefficient (Wildman–Crippen LogP) is 2.04. The van der Waals surface area contributed by atoms with Gasteiger partial charge in [0.1, 0.15) is 0 Å². The monoisotopic (exact) mass is 211 g/mol. The Kier molecular flexibility index (Phi) is 2.20. The maximum absolute atomic E-state index is 9.41. The Labute approximate surface area is 89.1 Å². The number of hydrogen-bond donors (Lipinski definition) is 1. The van der Waals surface area contributed by atoms with Gasteiger partial charge in [-0.3, -0.25) is 0 Å². The highest BCUT2D eigenvalue weighted by atomic mass is 35.5. The molecule has 0 aromatic heterocycles. The van der Waals surface area contributed by atoms with E-state index in [-0.39, 0.29) is 12.0 Å². The summed E-state index contributed by atoms with van der Waals surface area (Å²) < 4.78 is 0. The van der Waals surface area contributed by atoms with Crippen LogP contribution in [0.1, 0.15) is 12.5 Å². The molecule has 0 radical (unpaired) electrons. The normalized spacial score (nSPS) is 25.3. The van der Waals surface area contributed by atoms with Gasteiger partial charge in [0, 0.05) is 29.7 Å². The lowest BCUT2D eigenvalue weighted by atomic mass is 9.85. The van der Waals surface area contributed by atoms with Crippen molar-refractivity contribution < 1.29 is 5.11 Å². The molecule has 76 valence electrons. The molecule has 3 heteroatoms. The fourth-order valence-electron chi connectivity index (χ4n) is 2.15. The van der Waals surface area contributed by atoms with E-state index < -0.39 is 0 Å². The maximum atomic E-state index is 9.41. The number of anilines is 1. The van der Waals surface area contributed by atoms with E-state index in [0.29, 0.717) is 0 Å². The number of nitrogens with zero attached hydrogens (tertiary/aromatic N) is 1. The first-order valence-corrected chi connectivity index (χ1v) is 5.07. The molecule has 1 atom stereocenters. The molecule has 0 fully saturated rings. The summed E-state index contributed by atoms with van der Waals surface area (Å²) in [5, 5.41) is 10.1. The molecule has 0 unspecified atom stereocenters. The van der Waals surface area contributed by atoms with E-state index >= 15 is 0 Å². The Morgan fingerprint density at radius 2 is 2.29 bits per heavy atom. The number of hydrogen-bond acceptors (Lipinski definition) is 2. The number of fused-ring (bicyclic) bond motifs is 1. The van der Waals surface area contributed by atoms with Crippen LogP contribution in [0.5, 0.6) is 0 Å². The van der Waals surface area contributed by atoms with Gasteiger partial charge < -0.3 is 10.0 Å². The van der Waals surface area contributed by atoms with Crippen molar-refractivity contribution in [1.82, 2.24) is 0 Å². The van der Waals surface area contributed by atoms with E-state index in [9.17, 15) is 5.11 Å². The number of halogens is 1. The maximum Gasteiger partial charge on any atom is 0.0543 e. The second-order valence-corrected chi connectivity index (χ2v) is 4.67. The van der Waals surface area contributed by atoms with Crippen LogP contribution < -0.4 is 4.90 Å². The second-order valence-electron chi connectivity index (χ2n) is 4.24. The lowest BCUT2D eigenvalue weighted by Crippen LogP contribution is -2.32. The van der Waals surface area contributed by atoms with Crippen molar-refractivity contribution >= 4 is 17.3 Å². The van der Waals surface area contributed by atoms with E-state index in [2.05, 4.69) is 11.8 Å². The minimum Gasteiger partial charge on any atom is -0.395 e. The Hall–Kier alpha value is -0.730. The quantitative estimate of drug-likeness (QED) is 0.769. The third-order valence-corrected chi connectivity index (χ3v) is 3.19. The van der Waals surface area contributed by atoms with E-state index in [1.807, 2.05) is 25.2 Å². The van der Waals surface area contributed by atoms with E-state index in [0.717, 1.165) is 17.1 Å². The molecule has 0 saturated carbocycles. The first kappa shape index (κ1) is 9.81. The zero-order valence-corrected chi connectivity index (χ0v) is 9.17. The summed E-state index contributed by atoms with van der Waals surface area (Å²) >= 11 is 5.96. The summed E-state index contributed by atoms with van der Waals surface area (Å²) in [6.07, 6.45) is 0. The number of likely N-dealkylation sites (N-methyl/N-ethyl adjacent to an activating group) is 1. The minimum absolute atomic E-state index is 0.157. The van der Waals surface area contributed by atoms with Crippen molar-refractivity contribution in [2.24, 2.45) is 0 Å². The minimum atomic E-state index is -0.172. The molecule has 1 N–H and O–H groups in total. The molecule has 0 saturated heterocycles. The fourth-order valence-corrected chi connectivity index (χ4v) is 2.33. The van der Waals surface area contributed by atoms with Gasteiger partial charge in [-0.15, -0.1) is 0 Å². The van der Waals surface area contributed by atoms with Crippen molar-refractivity contribution in [2.75, 3.05) is 25.1 Å². The van der Waals surface area contributed by atoms with Gasteiger partial charge in [-0.2, -0.15) is 0 Å². The molecule has 2 rings (SSSR count). The molecule has 1 aliphatic heterocycles. The van der Waals surface area contributed by atoms with Crippen LogP contribution in [0.2, 0.25) is 5.02 Å². The van der Waals surface area contributed by atoms with Crippen molar-refractivity contribution in [3.8, 4) is 0 Å². The highest BCUT2D eigenvalue weighted by Crippen LogP contribution is 2.40. The van der Waals surface area contributed by atoms with Crippen LogP contribution >= 0.6 is 11.6 Å². The SMILES string of the molecule is CN1C[C@](C)(CO)c2cc(Cl)ccc21. The zero-order valence-electron chi connectivity index (χ0n) is 8.42. The highest BCUT2D eigenvalue weighted by molar-refractivity contribution is 6.30. The zero-order chi connectivity index (χ0) is 10.3. The summed E-state index contributed by atoms with van der Waals surface area (Å²) in [5.41, 5.74) is 2.15. The van der Waals surface area contributed by atoms with Gasteiger partial charge in [0.2, 0.25) is 0 Å². The van der Waals surface area contributed by atoms with E-state index in [1.54, 1.807) is 0 Å². The van der Waals surface area contributed by atoms with Crippen molar-refractivity contribution in [3.63, 3.8) is 0 Å². The Morgan fingerprint density at radius 1 is 1.57 bits per heavy atom. The summed E-state index contributed by atoms with van der Waals surface area (Å²) in [5.74, 6) is 0. The highest BCUT2D eigenvalue weighted by Gasteiger charge is 2.36. The molecular weight excluding hydrogens is 198 g/mol. The van der Waals surface area contributed by atoms with Gasteiger partial charge in [-0.25, -0.2) is 0 Å². The van der Waals surface area contributed by atoms with Crippen molar-refractivity contribution in [1.29, 1.82) is 0 Å². The molecule has 1 aromatic rings. The molecular formula is C11H14ClNO.